The van der Waals surface area contributed by atoms with E-state index in [4.69, 9.17) is 9.15 Å². The Morgan fingerprint density at radius 3 is 2.54 bits per heavy atom. The number of hydrogen-bond donors (Lipinski definition) is 1. The minimum atomic E-state index is -0.650. The molecule has 0 fully saturated rings. The number of carbonyl (C=O) groups excluding carboxylic acids is 2. The van der Waals surface area contributed by atoms with Crippen LogP contribution in [0.4, 0.5) is 0 Å². The minimum Gasteiger partial charge on any atom is -0.450 e. The van der Waals surface area contributed by atoms with Crippen LogP contribution in [0.3, 0.4) is 0 Å². The van der Waals surface area contributed by atoms with Gasteiger partial charge in [-0.1, -0.05) is 61.9 Å². The zero-order valence-corrected chi connectivity index (χ0v) is 14.6. The molecule has 0 bridgehead atoms. The molecular weight excluding hydrogens is 330 g/mol. The van der Waals surface area contributed by atoms with Gasteiger partial charge in [0.05, 0.1) is 6.04 Å². The molecule has 3 aromatic rings. The third kappa shape index (κ3) is 4.30. The van der Waals surface area contributed by atoms with Gasteiger partial charge in [-0.15, -0.1) is 0 Å². The summed E-state index contributed by atoms with van der Waals surface area (Å²) in [5, 5.41) is 3.74. The highest BCUT2D eigenvalue weighted by Crippen LogP contribution is 2.20. The van der Waals surface area contributed by atoms with Crippen molar-refractivity contribution in [3.63, 3.8) is 0 Å². The van der Waals surface area contributed by atoms with Gasteiger partial charge in [-0.3, -0.25) is 4.79 Å². The van der Waals surface area contributed by atoms with Gasteiger partial charge in [0.25, 0.3) is 5.91 Å². The van der Waals surface area contributed by atoms with Gasteiger partial charge in [0.1, 0.15) is 5.58 Å². The lowest BCUT2D eigenvalue weighted by Crippen LogP contribution is -2.32. The lowest BCUT2D eigenvalue weighted by molar-refractivity contribution is -0.125. The largest absolute Gasteiger partial charge is 0.450 e. The molecule has 1 amide bonds. The molecule has 1 heterocycles. The van der Waals surface area contributed by atoms with Crippen LogP contribution in [-0.2, 0) is 9.53 Å². The Morgan fingerprint density at radius 2 is 1.81 bits per heavy atom. The van der Waals surface area contributed by atoms with E-state index in [0.29, 0.717) is 5.58 Å². The van der Waals surface area contributed by atoms with Crippen LogP contribution in [0, 0.1) is 0 Å². The Hall–Kier alpha value is -3.08. The van der Waals surface area contributed by atoms with Crippen LogP contribution in [0.15, 0.2) is 65.1 Å². The summed E-state index contributed by atoms with van der Waals surface area (Å²) in [6.07, 6.45) is 1.74. The first-order chi connectivity index (χ1) is 12.7. The zero-order chi connectivity index (χ0) is 18.4. The second-order valence-corrected chi connectivity index (χ2v) is 6.04. The number of fused-ring (bicyclic) bond motifs is 1. The van der Waals surface area contributed by atoms with Crippen molar-refractivity contribution >= 4 is 22.8 Å². The van der Waals surface area contributed by atoms with Gasteiger partial charge in [-0.05, 0) is 24.1 Å². The standard InChI is InChI=1S/C21H21NO4/c1-2-8-17(15-9-4-3-5-10-15)22-20(23)14-25-21(24)19-13-16-11-6-7-12-18(16)26-19/h3-7,9-13,17H,2,8,14H2,1H3,(H,22,23). The maximum absolute atomic E-state index is 12.2. The molecule has 0 saturated carbocycles. The van der Waals surface area contributed by atoms with Crippen molar-refractivity contribution in [3.05, 3.63) is 72.0 Å². The molecular formula is C21H21NO4. The first-order valence-electron chi connectivity index (χ1n) is 8.67. The average Bonchev–Trinajstić information content (AvgIpc) is 3.11. The first-order valence-corrected chi connectivity index (χ1v) is 8.67. The fraction of sp³-hybridized carbons (Fsp3) is 0.238. The molecule has 1 N–H and O–H groups in total. The summed E-state index contributed by atoms with van der Waals surface area (Å²) >= 11 is 0. The summed E-state index contributed by atoms with van der Waals surface area (Å²) in [5.74, 6) is -0.896. The molecule has 0 aliphatic heterocycles. The maximum Gasteiger partial charge on any atom is 0.374 e. The van der Waals surface area contributed by atoms with Gasteiger partial charge in [-0.25, -0.2) is 4.79 Å². The summed E-state index contributed by atoms with van der Waals surface area (Å²) in [6.45, 7) is 1.71. The number of hydrogen-bond acceptors (Lipinski definition) is 4. The minimum absolute atomic E-state index is 0.0900. The molecule has 1 atom stereocenters. The lowest BCUT2D eigenvalue weighted by atomic mass is 10.0. The van der Waals surface area contributed by atoms with Crippen molar-refractivity contribution in [2.45, 2.75) is 25.8 Å². The fourth-order valence-corrected chi connectivity index (χ4v) is 2.82. The Labute approximate surface area is 152 Å². The van der Waals surface area contributed by atoms with Crippen LogP contribution in [0.25, 0.3) is 11.0 Å². The lowest BCUT2D eigenvalue weighted by Gasteiger charge is -2.18. The van der Waals surface area contributed by atoms with E-state index < -0.39 is 5.97 Å². The van der Waals surface area contributed by atoms with E-state index in [1.807, 2.05) is 48.5 Å². The van der Waals surface area contributed by atoms with Crippen molar-refractivity contribution in [2.24, 2.45) is 0 Å². The number of carbonyl (C=O) groups is 2. The van der Waals surface area contributed by atoms with E-state index in [1.54, 1.807) is 12.1 Å². The third-order valence-corrected chi connectivity index (χ3v) is 4.08. The molecule has 0 spiro atoms. The topological polar surface area (TPSA) is 68.5 Å². The molecule has 0 aliphatic rings. The summed E-state index contributed by atoms with van der Waals surface area (Å²) in [4.78, 5) is 24.3. The highest BCUT2D eigenvalue weighted by molar-refractivity contribution is 5.93. The number of para-hydroxylation sites is 1. The second kappa shape index (κ2) is 8.34. The van der Waals surface area contributed by atoms with E-state index in [2.05, 4.69) is 12.2 Å². The summed E-state index contributed by atoms with van der Waals surface area (Å²) in [7, 11) is 0. The molecule has 2 aromatic carbocycles. The molecule has 0 saturated heterocycles. The molecule has 1 unspecified atom stereocenters. The molecule has 0 radical (unpaired) electrons. The normalized spacial score (nSPS) is 11.9. The summed E-state index contributed by atoms with van der Waals surface area (Å²) < 4.78 is 10.5. The number of rotatable bonds is 7. The van der Waals surface area contributed by atoms with Crippen molar-refractivity contribution in [2.75, 3.05) is 6.61 Å². The first kappa shape index (κ1) is 17.7. The van der Waals surface area contributed by atoms with Crippen LogP contribution in [0.1, 0.15) is 41.9 Å². The predicted octanol–water partition coefficient (Wildman–Crippen LogP) is 4.25. The highest BCUT2D eigenvalue weighted by Gasteiger charge is 2.18. The van der Waals surface area contributed by atoms with Gasteiger partial charge >= 0.3 is 5.97 Å². The number of furan rings is 1. The van der Waals surface area contributed by atoms with Crippen LogP contribution < -0.4 is 5.32 Å². The van der Waals surface area contributed by atoms with E-state index >= 15 is 0 Å². The average molecular weight is 351 g/mol. The van der Waals surface area contributed by atoms with Crippen LogP contribution in [0.2, 0.25) is 0 Å². The van der Waals surface area contributed by atoms with Gasteiger partial charge < -0.3 is 14.5 Å². The van der Waals surface area contributed by atoms with Crippen LogP contribution in [0.5, 0.6) is 0 Å². The Bertz CT molecular complexity index is 852. The quantitative estimate of drug-likeness (QED) is 0.646. The van der Waals surface area contributed by atoms with Gasteiger partial charge in [0, 0.05) is 5.39 Å². The van der Waals surface area contributed by atoms with Crippen LogP contribution in [-0.4, -0.2) is 18.5 Å². The molecule has 134 valence electrons. The van der Waals surface area contributed by atoms with Crippen molar-refractivity contribution < 1.29 is 18.7 Å². The monoisotopic (exact) mass is 351 g/mol. The number of amides is 1. The Kier molecular flexibility index (Phi) is 5.69. The molecule has 0 aliphatic carbocycles. The van der Waals surface area contributed by atoms with E-state index in [9.17, 15) is 9.59 Å². The van der Waals surface area contributed by atoms with Crippen molar-refractivity contribution in [1.82, 2.24) is 5.32 Å². The highest BCUT2D eigenvalue weighted by atomic mass is 16.5. The predicted molar refractivity (Wildman–Crippen MR) is 98.7 cm³/mol. The van der Waals surface area contributed by atoms with Gasteiger partial charge in [-0.2, -0.15) is 0 Å². The van der Waals surface area contributed by atoms with E-state index in [0.717, 1.165) is 23.8 Å². The third-order valence-electron chi connectivity index (χ3n) is 4.08. The molecule has 26 heavy (non-hydrogen) atoms. The van der Waals surface area contributed by atoms with Gasteiger partial charge in [0.2, 0.25) is 5.76 Å². The second-order valence-electron chi connectivity index (χ2n) is 6.04. The number of esters is 1. The number of nitrogens with one attached hydrogen (secondary N) is 1. The molecule has 5 nitrogen and oxygen atoms in total. The van der Waals surface area contributed by atoms with Crippen molar-refractivity contribution in [3.8, 4) is 0 Å². The number of ether oxygens (including phenoxy) is 1. The summed E-state index contributed by atoms with van der Waals surface area (Å²) in [6, 6.07) is 18.6. The zero-order valence-electron chi connectivity index (χ0n) is 14.6. The Morgan fingerprint density at radius 1 is 1.08 bits per heavy atom. The van der Waals surface area contributed by atoms with Crippen molar-refractivity contribution in [1.29, 1.82) is 0 Å². The van der Waals surface area contributed by atoms with Gasteiger partial charge in [0.15, 0.2) is 6.61 Å². The SMILES string of the molecule is CCCC(NC(=O)COC(=O)c1cc2ccccc2o1)c1ccccc1. The maximum atomic E-state index is 12.2. The molecule has 1 aromatic heterocycles. The molecule has 5 heteroatoms. The van der Waals surface area contributed by atoms with E-state index in [-0.39, 0.29) is 24.3 Å². The fourth-order valence-electron chi connectivity index (χ4n) is 2.82. The molecule has 3 rings (SSSR count). The number of benzene rings is 2. The smallest absolute Gasteiger partial charge is 0.374 e. The van der Waals surface area contributed by atoms with Crippen LogP contribution >= 0.6 is 0 Å². The Balaban J connectivity index is 1.58. The summed E-state index contributed by atoms with van der Waals surface area (Å²) in [5.41, 5.74) is 1.64. The van der Waals surface area contributed by atoms with E-state index in [1.165, 1.54) is 0 Å².